The van der Waals surface area contributed by atoms with E-state index in [1.807, 2.05) is 23.9 Å². The lowest BCUT2D eigenvalue weighted by molar-refractivity contribution is -0.116. The number of nitrogens with one attached hydrogen (secondary N) is 3. The first-order valence-electron chi connectivity index (χ1n) is 10.6. The molecular weight excluding hydrogens is 384 g/mol. The van der Waals surface area contributed by atoms with E-state index in [0.29, 0.717) is 17.6 Å². The van der Waals surface area contributed by atoms with Gasteiger partial charge in [0.05, 0.1) is 23.3 Å². The van der Waals surface area contributed by atoms with E-state index in [1.54, 1.807) is 0 Å². The average molecular weight is 415 g/mol. The average Bonchev–Trinajstić information content (AvgIpc) is 3.34. The third-order valence-electron chi connectivity index (χ3n) is 5.73. The second-order valence-corrected chi connectivity index (χ2v) is 9.79. The molecule has 0 spiro atoms. The Morgan fingerprint density at radius 3 is 2.97 bits per heavy atom. The molecule has 6 nitrogen and oxygen atoms in total. The van der Waals surface area contributed by atoms with Crippen LogP contribution in [0.3, 0.4) is 0 Å². The molecule has 2 aliphatic rings. The first-order valence-corrected chi connectivity index (χ1v) is 11.6. The Bertz CT molecular complexity index is 894. The highest BCUT2D eigenvalue weighted by Crippen LogP contribution is 2.33. The predicted molar refractivity (Wildman–Crippen MR) is 119 cm³/mol. The fourth-order valence-electron chi connectivity index (χ4n) is 4.37. The summed E-state index contributed by atoms with van der Waals surface area (Å²) >= 11 is 1.93. The summed E-state index contributed by atoms with van der Waals surface area (Å²) in [7, 11) is 0. The number of urea groups is 1. The number of rotatable bonds is 8. The maximum absolute atomic E-state index is 12.5. The number of carbonyl (C=O) groups excluding carboxylic acids is 2. The molecule has 3 heterocycles. The van der Waals surface area contributed by atoms with E-state index < -0.39 is 0 Å². The summed E-state index contributed by atoms with van der Waals surface area (Å²) in [6, 6.07) is 8.65. The Balaban J connectivity index is 1.26. The zero-order chi connectivity index (χ0) is 20.4. The SMILES string of the molecule is CC(C)Cn1ccc2c(NC(=O)CCCC[C@@H]3SC[C@@H]4NC(=O)N[C@@H]43)cccc21. The normalized spacial score (nSPS) is 23.3. The van der Waals surface area contributed by atoms with E-state index in [1.165, 1.54) is 0 Å². The van der Waals surface area contributed by atoms with Gasteiger partial charge >= 0.3 is 6.03 Å². The van der Waals surface area contributed by atoms with E-state index in [0.717, 1.165) is 48.2 Å². The van der Waals surface area contributed by atoms with Crippen LogP contribution in [0.2, 0.25) is 0 Å². The van der Waals surface area contributed by atoms with Gasteiger partial charge in [-0.3, -0.25) is 4.79 Å². The molecule has 2 fully saturated rings. The molecule has 0 saturated carbocycles. The minimum atomic E-state index is -0.0407. The summed E-state index contributed by atoms with van der Waals surface area (Å²) in [6.07, 6.45) is 5.53. The molecule has 0 unspecified atom stereocenters. The molecule has 0 bridgehead atoms. The van der Waals surface area contributed by atoms with Crippen molar-refractivity contribution in [3.05, 3.63) is 30.5 Å². The van der Waals surface area contributed by atoms with E-state index in [2.05, 4.69) is 52.7 Å². The van der Waals surface area contributed by atoms with Crippen molar-refractivity contribution in [3.63, 3.8) is 0 Å². The van der Waals surface area contributed by atoms with Crippen LogP contribution in [-0.4, -0.2) is 39.6 Å². The van der Waals surface area contributed by atoms with Crippen LogP contribution < -0.4 is 16.0 Å². The number of anilines is 1. The number of carbonyl (C=O) groups is 2. The minimum absolute atomic E-state index is 0.0407. The highest BCUT2D eigenvalue weighted by Gasteiger charge is 2.42. The molecule has 7 heteroatoms. The van der Waals surface area contributed by atoms with E-state index in [4.69, 9.17) is 0 Å². The Morgan fingerprint density at radius 1 is 1.28 bits per heavy atom. The second-order valence-electron chi connectivity index (χ2n) is 8.52. The van der Waals surface area contributed by atoms with E-state index >= 15 is 0 Å². The summed E-state index contributed by atoms with van der Waals surface area (Å²) in [5.74, 6) is 1.63. The largest absolute Gasteiger partial charge is 0.347 e. The van der Waals surface area contributed by atoms with Gasteiger partial charge in [0.1, 0.15) is 0 Å². The number of thioether (sulfide) groups is 1. The first kappa shape index (κ1) is 20.1. The third kappa shape index (κ3) is 4.55. The van der Waals surface area contributed by atoms with Crippen LogP contribution in [0, 0.1) is 5.92 Å². The number of aromatic nitrogens is 1. The van der Waals surface area contributed by atoms with Gasteiger partial charge in [0.2, 0.25) is 5.91 Å². The zero-order valence-electron chi connectivity index (χ0n) is 17.1. The van der Waals surface area contributed by atoms with Crippen molar-refractivity contribution in [2.45, 2.75) is 63.4 Å². The van der Waals surface area contributed by atoms with Crippen molar-refractivity contribution in [2.75, 3.05) is 11.1 Å². The Morgan fingerprint density at radius 2 is 2.14 bits per heavy atom. The topological polar surface area (TPSA) is 75.2 Å². The molecule has 3 amide bonds. The van der Waals surface area contributed by atoms with Crippen LogP contribution in [0.5, 0.6) is 0 Å². The number of fused-ring (bicyclic) bond motifs is 2. The number of nitrogens with zero attached hydrogens (tertiary/aromatic N) is 1. The van der Waals surface area contributed by atoms with Crippen molar-refractivity contribution in [2.24, 2.45) is 5.92 Å². The van der Waals surface area contributed by atoms with Crippen LogP contribution in [0.1, 0.15) is 39.5 Å². The maximum atomic E-state index is 12.5. The Kier molecular flexibility index (Phi) is 6.04. The number of hydrogen-bond donors (Lipinski definition) is 3. The van der Waals surface area contributed by atoms with Crippen molar-refractivity contribution in [1.82, 2.24) is 15.2 Å². The lowest BCUT2D eigenvalue weighted by Gasteiger charge is -2.16. The van der Waals surface area contributed by atoms with E-state index in [9.17, 15) is 9.59 Å². The summed E-state index contributed by atoms with van der Waals surface area (Å²) in [5.41, 5.74) is 2.06. The second kappa shape index (κ2) is 8.69. The van der Waals surface area contributed by atoms with Gasteiger partial charge in [-0.1, -0.05) is 26.3 Å². The van der Waals surface area contributed by atoms with Gasteiger partial charge in [-0.05, 0) is 37.0 Å². The van der Waals surface area contributed by atoms with Crippen LogP contribution in [-0.2, 0) is 11.3 Å². The lowest BCUT2D eigenvalue weighted by Crippen LogP contribution is -2.36. The predicted octanol–water partition coefficient (Wildman–Crippen LogP) is 3.96. The molecule has 2 saturated heterocycles. The Labute approximate surface area is 176 Å². The van der Waals surface area contributed by atoms with Gasteiger partial charge in [-0.15, -0.1) is 0 Å². The van der Waals surface area contributed by atoms with Crippen molar-refractivity contribution in [3.8, 4) is 0 Å². The molecule has 29 heavy (non-hydrogen) atoms. The van der Waals surface area contributed by atoms with E-state index in [-0.39, 0.29) is 24.0 Å². The van der Waals surface area contributed by atoms with Gasteiger partial charge in [-0.2, -0.15) is 11.8 Å². The third-order valence-corrected chi connectivity index (χ3v) is 7.24. The highest BCUT2D eigenvalue weighted by atomic mass is 32.2. The number of hydrogen-bond acceptors (Lipinski definition) is 3. The van der Waals surface area contributed by atoms with Gasteiger partial charge in [-0.25, -0.2) is 4.79 Å². The summed E-state index contributed by atoms with van der Waals surface area (Å²) in [6.45, 7) is 5.38. The summed E-state index contributed by atoms with van der Waals surface area (Å²) in [4.78, 5) is 23.9. The number of amides is 3. The van der Waals surface area contributed by atoms with Gasteiger partial charge in [0, 0.05) is 35.6 Å². The highest BCUT2D eigenvalue weighted by molar-refractivity contribution is 8.00. The van der Waals surface area contributed by atoms with Crippen molar-refractivity contribution < 1.29 is 9.59 Å². The van der Waals surface area contributed by atoms with Crippen LogP contribution in [0.4, 0.5) is 10.5 Å². The molecule has 0 aliphatic carbocycles. The van der Waals surface area contributed by atoms with Gasteiger partial charge < -0.3 is 20.5 Å². The zero-order valence-corrected chi connectivity index (χ0v) is 17.9. The fraction of sp³-hybridized carbons (Fsp3) is 0.545. The molecule has 156 valence electrons. The molecule has 2 aromatic rings. The number of benzene rings is 1. The van der Waals surface area contributed by atoms with Crippen LogP contribution in [0.25, 0.3) is 10.9 Å². The van der Waals surface area contributed by atoms with Gasteiger partial charge in [0.25, 0.3) is 0 Å². The molecule has 1 aromatic carbocycles. The summed E-state index contributed by atoms with van der Waals surface area (Å²) in [5, 5.41) is 10.6. The van der Waals surface area contributed by atoms with Crippen molar-refractivity contribution >= 4 is 40.3 Å². The molecule has 4 rings (SSSR count). The van der Waals surface area contributed by atoms with Crippen molar-refractivity contribution in [1.29, 1.82) is 0 Å². The Hall–Kier alpha value is -2.15. The quantitative estimate of drug-likeness (QED) is 0.452. The fourth-order valence-corrected chi connectivity index (χ4v) is 5.92. The molecule has 0 radical (unpaired) electrons. The molecular formula is C22H30N4O2S. The molecule has 3 N–H and O–H groups in total. The maximum Gasteiger partial charge on any atom is 0.315 e. The lowest BCUT2D eigenvalue weighted by atomic mass is 10.0. The first-order chi connectivity index (χ1) is 14.0. The molecule has 1 aromatic heterocycles. The monoisotopic (exact) mass is 414 g/mol. The van der Waals surface area contributed by atoms with Crippen LogP contribution >= 0.6 is 11.8 Å². The smallest absolute Gasteiger partial charge is 0.315 e. The minimum Gasteiger partial charge on any atom is -0.347 e. The van der Waals surface area contributed by atoms with Gasteiger partial charge in [0.15, 0.2) is 0 Å². The standard InChI is InChI=1S/C22H30N4O2S/c1-14(2)12-26-11-10-15-16(6-5-7-18(15)26)23-20(27)9-4-3-8-19-21-17(13-29-19)24-22(28)25-21/h5-7,10-11,14,17,19,21H,3-4,8-9,12-13H2,1-2H3,(H,23,27)(H2,24,25,28)/t17-,19-,21-/m0/s1. The van der Waals surface area contributed by atoms with Crippen LogP contribution in [0.15, 0.2) is 30.5 Å². The molecule has 3 atom stereocenters. The molecule has 2 aliphatic heterocycles. The number of unbranched alkanes of at least 4 members (excludes halogenated alkanes) is 1. The summed E-state index contributed by atoms with van der Waals surface area (Å²) < 4.78 is 2.25.